The summed E-state index contributed by atoms with van der Waals surface area (Å²) in [6.07, 6.45) is 4.14. The number of hydrogen-bond donors (Lipinski definition) is 1. The van der Waals surface area contributed by atoms with E-state index in [4.69, 9.17) is 0 Å². The standard InChI is InChI=1S/C15H30N2/c1-6-13-9-16-15(5,12-7-8-12)11-17(13)10-14(2,3)4/h12-13,16H,6-11H2,1-5H3. The van der Waals surface area contributed by atoms with Crippen molar-refractivity contribution in [3.8, 4) is 0 Å². The molecule has 1 N–H and O–H groups in total. The predicted octanol–water partition coefficient (Wildman–Crippen LogP) is 2.89. The molecule has 2 atom stereocenters. The van der Waals surface area contributed by atoms with Gasteiger partial charge in [0.25, 0.3) is 0 Å². The van der Waals surface area contributed by atoms with Crippen LogP contribution in [-0.2, 0) is 0 Å². The van der Waals surface area contributed by atoms with E-state index in [9.17, 15) is 0 Å². The second-order valence-electron chi connectivity index (χ2n) is 7.60. The van der Waals surface area contributed by atoms with E-state index in [1.165, 1.54) is 38.9 Å². The number of piperazine rings is 1. The second kappa shape index (κ2) is 4.55. The topological polar surface area (TPSA) is 15.3 Å². The normalized spacial score (nSPS) is 36.2. The molecule has 2 unspecified atom stereocenters. The molecule has 2 nitrogen and oxygen atoms in total. The van der Waals surface area contributed by atoms with Crippen molar-refractivity contribution in [2.75, 3.05) is 19.6 Å². The lowest BCUT2D eigenvalue weighted by Crippen LogP contribution is -2.64. The third-order valence-corrected chi connectivity index (χ3v) is 4.42. The van der Waals surface area contributed by atoms with Crippen LogP contribution in [0.2, 0.25) is 0 Å². The molecular formula is C15H30N2. The van der Waals surface area contributed by atoms with Crippen molar-refractivity contribution >= 4 is 0 Å². The zero-order valence-corrected chi connectivity index (χ0v) is 12.3. The van der Waals surface area contributed by atoms with E-state index in [1.807, 2.05) is 0 Å². The minimum absolute atomic E-state index is 0.386. The molecule has 2 rings (SSSR count). The Labute approximate surface area is 107 Å². The third-order valence-electron chi connectivity index (χ3n) is 4.42. The zero-order valence-electron chi connectivity index (χ0n) is 12.3. The molecule has 100 valence electrons. The summed E-state index contributed by atoms with van der Waals surface area (Å²) in [7, 11) is 0. The van der Waals surface area contributed by atoms with Gasteiger partial charge in [0.05, 0.1) is 0 Å². The van der Waals surface area contributed by atoms with Crippen molar-refractivity contribution in [3.63, 3.8) is 0 Å². The van der Waals surface area contributed by atoms with Crippen molar-refractivity contribution in [3.05, 3.63) is 0 Å². The van der Waals surface area contributed by atoms with E-state index in [-0.39, 0.29) is 0 Å². The van der Waals surface area contributed by atoms with Crippen molar-refractivity contribution in [2.45, 2.75) is 65.5 Å². The Morgan fingerprint density at radius 3 is 2.41 bits per heavy atom. The third kappa shape index (κ3) is 3.23. The van der Waals surface area contributed by atoms with Crippen LogP contribution in [0.25, 0.3) is 0 Å². The van der Waals surface area contributed by atoms with Crippen LogP contribution in [0.3, 0.4) is 0 Å². The van der Waals surface area contributed by atoms with Crippen LogP contribution in [0.5, 0.6) is 0 Å². The summed E-state index contributed by atoms with van der Waals surface area (Å²) in [5.74, 6) is 0.933. The van der Waals surface area contributed by atoms with Gasteiger partial charge < -0.3 is 5.32 Å². The van der Waals surface area contributed by atoms with Crippen LogP contribution < -0.4 is 5.32 Å². The van der Waals surface area contributed by atoms with Gasteiger partial charge in [0, 0.05) is 31.2 Å². The first-order valence-electron chi connectivity index (χ1n) is 7.33. The highest BCUT2D eigenvalue weighted by Gasteiger charge is 2.46. The summed E-state index contributed by atoms with van der Waals surface area (Å²) in [5, 5.41) is 3.83. The molecule has 0 spiro atoms. The fourth-order valence-corrected chi connectivity index (χ4v) is 3.28. The average molecular weight is 238 g/mol. The Kier molecular flexibility index (Phi) is 3.57. The highest BCUT2D eigenvalue weighted by molar-refractivity contribution is 5.04. The van der Waals surface area contributed by atoms with Crippen LogP contribution in [-0.4, -0.2) is 36.1 Å². The zero-order chi connectivity index (χ0) is 12.7. The lowest BCUT2D eigenvalue weighted by Gasteiger charge is -2.48. The highest BCUT2D eigenvalue weighted by Crippen LogP contribution is 2.41. The maximum absolute atomic E-state index is 3.83. The molecule has 2 fully saturated rings. The van der Waals surface area contributed by atoms with Crippen LogP contribution in [0.15, 0.2) is 0 Å². The van der Waals surface area contributed by atoms with Crippen molar-refractivity contribution in [1.82, 2.24) is 10.2 Å². The molecule has 17 heavy (non-hydrogen) atoms. The minimum atomic E-state index is 0.386. The molecule has 1 aliphatic carbocycles. The molecule has 0 amide bonds. The van der Waals surface area contributed by atoms with E-state index in [1.54, 1.807) is 0 Å². The first kappa shape index (κ1) is 13.4. The number of hydrogen-bond acceptors (Lipinski definition) is 2. The van der Waals surface area contributed by atoms with Crippen LogP contribution in [0.1, 0.15) is 53.9 Å². The molecule has 1 aliphatic heterocycles. The molecule has 0 bridgehead atoms. The van der Waals surface area contributed by atoms with E-state index >= 15 is 0 Å². The average Bonchev–Trinajstić information content (AvgIpc) is 2.98. The van der Waals surface area contributed by atoms with Gasteiger partial charge in [-0.15, -0.1) is 0 Å². The van der Waals surface area contributed by atoms with E-state index in [0.717, 1.165) is 12.0 Å². The maximum Gasteiger partial charge on any atom is 0.0309 e. The van der Waals surface area contributed by atoms with Gasteiger partial charge in [0.2, 0.25) is 0 Å². The molecule has 0 radical (unpaired) electrons. The van der Waals surface area contributed by atoms with Gasteiger partial charge in [0.1, 0.15) is 0 Å². The molecule has 1 heterocycles. The second-order valence-corrected chi connectivity index (χ2v) is 7.60. The van der Waals surface area contributed by atoms with Gasteiger partial charge in [-0.2, -0.15) is 0 Å². The van der Waals surface area contributed by atoms with Gasteiger partial charge >= 0.3 is 0 Å². The Morgan fingerprint density at radius 2 is 1.94 bits per heavy atom. The Morgan fingerprint density at radius 1 is 1.29 bits per heavy atom. The Hall–Kier alpha value is -0.0800. The van der Waals surface area contributed by atoms with Crippen LogP contribution >= 0.6 is 0 Å². The molecule has 2 heteroatoms. The molecule has 0 aromatic heterocycles. The Bertz CT molecular complexity index is 265. The fourth-order valence-electron chi connectivity index (χ4n) is 3.28. The van der Waals surface area contributed by atoms with Crippen molar-refractivity contribution in [2.24, 2.45) is 11.3 Å². The van der Waals surface area contributed by atoms with Gasteiger partial charge in [-0.25, -0.2) is 0 Å². The molecule has 0 aromatic rings. The maximum atomic E-state index is 3.83. The van der Waals surface area contributed by atoms with Gasteiger partial charge in [0.15, 0.2) is 0 Å². The van der Waals surface area contributed by atoms with Crippen molar-refractivity contribution < 1.29 is 0 Å². The number of rotatable bonds is 3. The first-order valence-corrected chi connectivity index (χ1v) is 7.33. The van der Waals surface area contributed by atoms with Gasteiger partial charge in [-0.1, -0.05) is 27.7 Å². The summed E-state index contributed by atoms with van der Waals surface area (Å²) in [6.45, 7) is 15.5. The minimum Gasteiger partial charge on any atom is -0.308 e. The van der Waals surface area contributed by atoms with Crippen molar-refractivity contribution in [1.29, 1.82) is 0 Å². The summed E-state index contributed by atoms with van der Waals surface area (Å²) >= 11 is 0. The number of nitrogens with one attached hydrogen (secondary N) is 1. The molecular weight excluding hydrogens is 208 g/mol. The van der Waals surface area contributed by atoms with E-state index in [0.29, 0.717) is 11.0 Å². The molecule has 2 aliphatic rings. The molecule has 0 aromatic carbocycles. The van der Waals surface area contributed by atoms with Gasteiger partial charge in [-0.3, -0.25) is 4.90 Å². The van der Waals surface area contributed by atoms with Crippen LogP contribution in [0, 0.1) is 11.3 Å². The van der Waals surface area contributed by atoms with E-state index in [2.05, 4.69) is 44.8 Å². The smallest absolute Gasteiger partial charge is 0.0309 e. The Balaban J connectivity index is 2.03. The molecule has 1 saturated carbocycles. The van der Waals surface area contributed by atoms with E-state index < -0.39 is 0 Å². The van der Waals surface area contributed by atoms with Crippen LogP contribution in [0.4, 0.5) is 0 Å². The summed E-state index contributed by atoms with van der Waals surface area (Å²) in [4.78, 5) is 2.74. The fraction of sp³-hybridized carbons (Fsp3) is 1.00. The van der Waals surface area contributed by atoms with Gasteiger partial charge in [-0.05, 0) is 37.5 Å². The quantitative estimate of drug-likeness (QED) is 0.813. The summed E-state index contributed by atoms with van der Waals surface area (Å²) in [6, 6.07) is 0.737. The SMILES string of the molecule is CCC1CNC(C)(C2CC2)CN1CC(C)(C)C. The summed E-state index contributed by atoms with van der Waals surface area (Å²) in [5.41, 5.74) is 0.798. The number of nitrogens with zero attached hydrogens (tertiary/aromatic N) is 1. The lowest BCUT2D eigenvalue weighted by atomic mass is 9.87. The predicted molar refractivity (Wildman–Crippen MR) is 74.2 cm³/mol. The molecule has 1 saturated heterocycles. The monoisotopic (exact) mass is 238 g/mol. The lowest BCUT2D eigenvalue weighted by molar-refractivity contribution is 0.0465. The first-order chi connectivity index (χ1) is 7.84. The summed E-state index contributed by atoms with van der Waals surface area (Å²) < 4.78 is 0. The largest absolute Gasteiger partial charge is 0.308 e. The highest BCUT2D eigenvalue weighted by atomic mass is 15.3.